The molecular weight excluding hydrogens is 176 g/mol. The summed E-state index contributed by atoms with van der Waals surface area (Å²) in [5.41, 5.74) is 0. The summed E-state index contributed by atoms with van der Waals surface area (Å²) in [7, 11) is 0. The second kappa shape index (κ2) is 2.75. The molecule has 5 nitrogen and oxygen atoms in total. The monoisotopic (exact) mass is 188 g/mol. The summed E-state index contributed by atoms with van der Waals surface area (Å²) in [5.74, 6) is -0.746. The first kappa shape index (κ1) is 9.08. The molecule has 0 aromatic rings. The number of hydrogen-bond donors (Lipinski definition) is 1. The molecule has 5 heteroatoms. The van der Waals surface area contributed by atoms with Crippen LogP contribution >= 0.6 is 0 Å². The van der Waals surface area contributed by atoms with Crippen LogP contribution in [0.25, 0.3) is 0 Å². The van der Waals surface area contributed by atoms with Crippen molar-refractivity contribution in [1.82, 2.24) is 0 Å². The van der Waals surface area contributed by atoms with Crippen LogP contribution in [0.3, 0.4) is 0 Å². The Labute approximate surface area is 75.6 Å². The molecule has 0 aromatic heterocycles. The number of aliphatic hydroxyl groups is 1. The number of hydrogen-bond acceptors (Lipinski definition) is 5. The normalized spacial score (nSPS) is 47.6. The van der Waals surface area contributed by atoms with E-state index in [0.29, 0.717) is 6.29 Å². The second-order valence-electron chi connectivity index (χ2n) is 3.70. The maximum atomic E-state index is 10.4. The van der Waals surface area contributed by atoms with E-state index in [-0.39, 0.29) is 0 Å². The van der Waals surface area contributed by atoms with Crippen molar-refractivity contribution in [2.45, 2.75) is 44.2 Å². The lowest BCUT2D eigenvalue weighted by molar-refractivity contribution is -0.212. The smallest absolute Gasteiger partial charge is 0.190 e. The number of ether oxygens (including phenoxy) is 3. The zero-order valence-corrected chi connectivity index (χ0v) is 7.47. The van der Waals surface area contributed by atoms with Crippen molar-refractivity contribution in [1.29, 1.82) is 0 Å². The molecule has 4 unspecified atom stereocenters. The van der Waals surface area contributed by atoms with Crippen LogP contribution in [-0.4, -0.2) is 41.8 Å². The summed E-state index contributed by atoms with van der Waals surface area (Å²) >= 11 is 0. The fourth-order valence-electron chi connectivity index (χ4n) is 1.63. The van der Waals surface area contributed by atoms with Gasteiger partial charge in [0, 0.05) is 0 Å². The predicted octanol–water partition coefficient (Wildman–Crippen LogP) is -0.577. The fraction of sp³-hybridized carbons (Fsp3) is 0.875. The maximum Gasteiger partial charge on any atom is 0.190 e. The molecule has 0 aromatic carbocycles. The van der Waals surface area contributed by atoms with E-state index in [4.69, 9.17) is 14.2 Å². The van der Waals surface area contributed by atoms with Gasteiger partial charge in [0.05, 0.1) is 0 Å². The van der Waals surface area contributed by atoms with Gasteiger partial charge in [-0.3, -0.25) is 0 Å². The van der Waals surface area contributed by atoms with Crippen molar-refractivity contribution >= 4 is 6.29 Å². The molecule has 2 aliphatic heterocycles. The van der Waals surface area contributed by atoms with Crippen molar-refractivity contribution in [3.8, 4) is 0 Å². The van der Waals surface area contributed by atoms with Crippen LogP contribution < -0.4 is 0 Å². The van der Waals surface area contributed by atoms with Crippen LogP contribution in [0.2, 0.25) is 0 Å². The molecule has 0 aliphatic carbocycles. The third-order valence-electron chi connectivity index (χ3n) is 2.19. The Kier molecular flexibility index (Phi) is 1.92. The molecule has 4 atom stereocenters. The van der Waals surface area contributed by atoms with E-state index in [1.54, 1.807) is 13.8 Å². The molecule has 2 rings (SSSR count). The average Bonchev–Trinajstić information content (AvgIpc) is 2.47. The van der Waals surface area contributed by atoms with Crippen LogP contribution in [0.4, 0.5) is 0 Å². The van der Waals surface area contributed by atoms with Crippen LogP contribution in [0.15, 0.2) is 0 Å². The third kappa shape index (κ3) is 1.38. The van der Waals surface area contributed by atoms with E-state index in [1.165, 1.54) is 0 Å². The minimum absolute atomic E-state index is 0.551. The first-order valence-corrected chi connectivity index (χ1v) is 4.18. The van der Waals surface area contributed by atoms with Crippen molar-refractivity contribution < 1.29 is 24.1 Å². The summed E-state index contributed by atoms with van der Waals surface area (Å²) in [6.45, 7) is 3.47. The summed E-state index contributed by atoms with van der Waals surface area (Å²) in [6, 6.07) is 0. The molecule has 0 bridgehead atoms. The molecule has 2 saturated heterocycles. The van der Waals surface area contributed by atoms with Gasteiger partial charge in [0.25, 0.3) is 0 Å². The molecule has 0 saturated carbocycles. The van der Waals surface area contributed by atoms with Crippen molar-refractivity contribution in [3.63, 3.8) is 0 Å². The highest BCUT2D eigenvalue weighted by molar-refractivity contribution is 5.58. The second-order valence-corrected chi connectivity index (χ2v) is 3.70. The minimum atomic E-state index is -0.927. The lowest BCUT2D eigenvalue weighted by Gasteiger charge is -2.20. The summed E-state index contributed by atoms with van der Waals surface area (Å²) in [6.07, 6.45) is -2.37. The van der Waals surface area contributed by atoms with Crippen LogP contribution in [0.1, 0.15) is 13.8 Å². The van der Waals surface area contributed by atoms with Crippen LogP contribution in [0, 0.1) is 0 Å². The summed E-state index contributed by atoms with van der Waals surface area (Å²) in [4.78, 5) is 10.4. The van der Waals surface area contributed by atoms with Gasteiger partial charge in [0.1, 0.15) is 18.3 Å². The Bertz CT molecular complexity index is 227. The van der Waals surface area contributed by atoms with Crippen molar-refractivity contribution in [2.24, 2.45) is 0 Å². The third-order valence-corrected chi connectivity index (χ3v) is 2.19. The Balaban J connectivity index is 2.11. The summed E-state index contributed by atoms with van der Waals surface area (Å²) < 4.78 is 15.8. The standard InChI is InChI=1S/C8H12O5/c1-8(2)12-6-5(10)4(3-9)11-7(6)13-8/h3-7,10H,1-2H3. The minimum Gasteiger partial charge on any atom is -0.387 e. The first-order chi connectivity index (χ1) is 6.03. The van der Waals surface area contributed by atoms with E-state index in [9.17, 15) is 9.90 Å². The first-order valence-electron chi connectivity index (χ1n) is 4.18. The number of carbonyl (C=O) groups is 1. The fourth-order valence-corrected chi connectivity index (χ4v) is 1.63. The SMILES string of the molecule is CC1(C)OC2OC(C=O)C(O)C2O1. The van der Waals surface area contributed by atoms with Crippen molar-refractivity contribution in [2.75, 3.05) is 0 Å². The molecule has 2 fully saturated rings. The molecule has 0 spiro atoms. The van der Waals surface area contributed by atoms with Gasteiger partial charge in [0.15, 0.2) is 18.4 Å². The Morgan fingerprint density at radius 1 is 1.38 bits per heavy atom. The Morgan fingerprint density at radius 2 is 2.08 bits per heavy atom. The van der Waals surface area contributed by atoms with E-state index in [2.05, 4.69) is 0 Å². The van der Waals surface area contributed by atoms with E-state index in [1.807, 2.05) is 0 Å². The molecule has 0 radical (unpaired) electrons. The highest BCUT2D eigenvalue weighted by Gasteiger charge is 2.54. The van der Waals surface area contributed by atoms with E-state index < -0.39 is 30.4 Å². The topological polar surface area (TPSA) is 65.0 Å². The number of aliphatic hydroxyl groups excluding tert-OH is 1. The zero-order chi connectivity index (χ0) is 9.64. The predicted molar refractivity (Wildman–Crippen MR) is 40.8 cm³/mol. The van der Waals surface area contributed by atoms with Crippen LogP contribution in [0.5, 0.6) is 0 Å². The lowest BCUT2D eigenvalue weighted by atomic mass is 10.1. The number of carbonyl (C=O) groups excluding carboxylic acids is 1. The van der Waals surface area contributed by atoms with Gasteiger partial charge >= 0.3 is 0 Å². The van der Waals surface area contributed by atoms with Gasteiger partial charge in [0.2, 0.25) is 0 Å². The number of rotatable bonds is 1. The molecule has 0 amide bonds. The zero-order valence-electron chi connectivity index (χ0n) is 7.47. The summed E-state index contributed by atoms with van der Waals surface area (Å²) in [5, 5.41) is 9.53. The van der Waals surface area contributed by atoms with Gasteiger partial charge in [-0.25, -0.2) is 0 Å². The van der Waals surface area contributed by atoms with Gasteiger partial charge in [-0.05, 0) is 13.8 Å². The number of fused-ring (bicyclic) bond motifs is 1. The van der Waals surface area contributed by atoms with Gasteiger partial charge < -0.3 is 24.1 Å². The molecule has 13 heavy (non-hydrogen) atoms. The van der Waals surface area contributed by atoms with E-state index in [0.717, 1.165) is 0 Å². The maximum absolute atomic E-state index is 10.4. The molecule has 1 N–H and O–H groups in total. The van der Waals surface area contributed by atoms with Crippen molar-refractivity contribution in [3.05, 3.63) is 0 Å². The number of aldehydes is 1. The molecular formula is C8H12O5. The molecule has 2 aliphatic rings. The lowest BCUT2D eigenvalue weighted by Crippen LogP contribution is -2.35. The molecule has 2 heterocycles. The Hall–Kier alpha value is -0.490. The van der Waals surface area contributed by atoms with Gasteiger partial charge in [-0.2, -0.15) is 0 Å². The highest BCUT2D eigenvalue weighted by atomic mass is 16.8. The quantitative estimate of drug-likeness (QED) is 0.558. The average molecular weight is 188 g/mol. The largest absolute Gasteiger partial charge is 0.387 e. The molecule has 74 valence electrons. The van der Waals surface area contributed by atoms with Gasteiger partial charge in [-0.1, -0.05) is 0 Å². The van der Waals surface area contributed by atoms with Gasteiger partial charge in [-0.15, -0.1) is 0 Å². The van der Waals surface area contributed by atoms with E-state index >= 15 is 0 Å². The van der Waals surface area contributed by atoms with Crippen LogP contribution in [-0.2, 0) is 19.0 Å². The highest BCUT2D eigenvalue weighted by Crippen LogP contribution is 2.36. The Morgan fingerprint density at radius 3 is 2.62 bits per heavy atom.